The molecule has 1 aromatic heterocycles. The van der Waals surface area contributed by atoms with Gasteiger partial charge in [0, 0.05) is 10.9 Å². The van der Waals surface area contributed by atoms with E-state index in [0.717, 1.165) is 29.3 Å². The van der Waals surface area contributed by atoms with Crippen LogP contribution in [0.25, 0.3) is 11.3 Å². The molecule has 0 radical (unpaired) electrons. The average Bonchev–Trinajstić information content (AvgIpc) is 3.01. The molecule has 0 amide bonds. The molecule has 0 saturated heterocycles. The minimum absolute atomic E-state index is 0.255. The Morgan fingerprint density at radius 2 is 1.69 bits per heavy atom. The lowest BCUT2D eigenvalue weighted by Gasteiger charge is -2.12. The molecule has 0 aliphatic heterocycles. The monoisotopic (exact) mass is 398 g/mol. The highest BCUT2D eigenvalue weighted by Crippen LogP contribution is 2.32. The molecule has 0 unspecified atom stereocenters. The first kappa shape index (κ1) is 18.4. The number of thiazole rings is 1. The molecule has 3 rings (SSSR count). The van der Waals surface area contributed by atoms with Crippen LogP contribution in [0.5, 0.6) is 0 Å². The number of hydrogen-bond acceptors (Lipinski definition) is 4. The van der Waals surface area contributed by atoms with Crippen LogP contribution in [0.3, 0.4) is 0 Å². The Morgan fingerprint density at radius 3 is 2.27 bits per heavy atom. The van der Waals surface area contributed by atoms with Gasteiger partial charge in [-0.2, -0.15) is 13.2 Å². The molecule has 0 atom stereocenters. The van der Waals surface area contributed by atoms with E-state index in [1.807, 2.05) is 6.92 Å². The van der Waals surface area contributed by atoms with Crippen molar-refractivity contribution in [3.05, 3.63) is 64.5 Å². The molecule has 136 valence electrons. The third kappa shape index (κ3) is 3.88. The summed E-state index contributed by atoms with van der Waals surface area (Å²) in [6, 6.07) is 10.0. The van der Waals surface area contributed by atoms with Crippen molar-refractivity contribution in [2.75, 3.05) is 4.72 Å². The molecule has 3 aromatic rings. The van der Waals surface area contributed by atoms with Crippen LogP contribution < -0.4 is 4.72 Å². The Hall–Kier alpha value is -2.39. The van der Waals surface area contributed by atoms with Gasteiger partial charge in [-0.25, -0.2) is 13.4 Å². The van der Waals surface area contributed by atoms with Crippen LogP contribution in [-0.2, 0) is 16.2 Å². The van der Waals surface area contributed by atoms with Gasteiger partial charge in [0.15, 0.2) is 0 Å². The molecule has 1 heterocycles. The second kappa shape index (κ2) is 6.73. The zero-order chi connectivity index (χ0) is 18.9. The lowest BCUT2D eigenvalue weighted by molar-refractivity contribution is -0.137. The number of halogens is 3. The normalized spacial score (nSPS) is 12.2. The van der Waals surface area contributed by atoms with Gasteiger partial charge in [0.1, 0.15) is 0 Å². The van der Waals surface area contributed by atoms with Crippen molar-refractivity contribution in [2.24, 2.45) is 0 Å². The summed E-state index contributed by atoms with van der Waals surface area (Å²) in [4.78, 5) is 4.09. The molecule has 2 aromatic carbocycles. The van der Waals surface area contributed by atoms with E-state index in [4.69, 9.17) is 0 Å². The zero-order valence-corrected chi connectivity index (χ0v) is 15.0. The van der Waals surface area contributed by atoms with Gasteiger partial charge in [-0.05, 0) is 37.3 Å². The minimum atomic E-state index is -4.52. The number of para-hydroxylation sites is 1. The minimum Gasteiger partial charge on any atom is -0.279 e. The quantitative estimate of drug-likeness (QED) is 0.677. The predicted molar refractivity (Wildman–Crippen MR) is 94.5 cm³/mol. The second-order valence-corrected chi connectivity index (χ2v) is 8.17. The first-order valence-corrected chi connectivity index (χ1v) is 9.75. The highest BCUT2D eigenvalue weighted by atomic mass is 32.2. The first-order valence-electron chi connectivity index (χ1n) is 7.38. The van der Waals surface area contributed by atoms with Gasteiger partial charge in [-0.3, -0.25) is 4.72 Å². The molecule has 0 aliphatic rings. The third-order valence-electron chi connectivity index (χ3n) is 3.56. The lowest BCUT2D eigenvalue weighted by Crippen LogP contribution is -2.14. The maximum Gasteiger partial charge on any atom is 0.416 e. The standard InChI is InChI=1S/C17H13F3N2O2S2/c1-11-21-16(10-25-11)14-4-2-3-5-15(14)22-26(23,24)13-8-6-12(7-9-13)17(18,19)20/h2-10,22H,1H3. The Kier molecular flexibility index (Phi) is 4.76. The highest BCUT2D eigenvalue weighted by Gasteiger charge is 2.30. The fourth-order valence-corrected chi connectivity index (χ4v) is 4.00. The summed E-state index contributed by atoms with van der Waals surface area (Å²) in [6.07, 6.45) is -4.52. The van der Waals surface area contributed by atoms with Crippen molar-refractivity contribution in [3.63, 3.8) is 0 Å². The van der Waals surface area contributed by atoms with E-state index in [1.54, 1.807) is 29.6 Å². The van der Waals surface area contributed by atoms with Gasteiger partial charge in [-0.1, -0.05) is 18.2 Å². The average molecular weight is 398 g/mol. The molecule has 4 nitrogen and oxygen atoms in total. The van der Waals surface area contributed by atoms with E-state index in [2.05, 4.69) is 9.71 Å². The number of hydrogen-bond donors (Lipinski definition) is 1. The summed E-state index contributed by atoms with van der Waals surface area (Å²) in [7, 11) is -4.04. The molecular weight excluding hydrogens is 385 g/mol. The van der Waals surface area contributed by atoms with Crippen LogP contribution >= 0.6 is 11.3 Å². The number of benzene rings is 2. The number of alkyl halides is 3. The highest BCUT2D eigenvalue weighted by molar-refractivity contribution is 7.92. The summed E-state index contributed by atoms with van der Waals surface area (Å²) < 4.78 is 65.4. The molecule has 0 fully saturated rings. The summed E-state index contributed by atoms with van der Waals surface area (Å²) in [5.41, 5.74) is 0.609. The number of nitrogens with zero attached hydrogens (tertiary/aromatic N) is 1. The Bertz CT molecular complexity index is 1030. The van der Waals surface area contributed by atoms with Crippen molar-refractivity contribution in [3.8, 4) is 11.3 Å². The van der Waals surface area contributed by atoms with Gasteiger partial charge < -0.3 is 0 Å². The molecule has 0 aliphatic carbocycles. The maximum atomic E-state index is 12.6. The maximum absolute atomic E-state index is 12.6. The summed E-state index contributed by atoms with van der Waals surface area (Å²) in [6.45, 7) is 1.84. The molecule has 26 heavy (non-hydrogen) atoms. The van der Waals surface area contributed by atoms with E-state index in [-0.39, 0.29) is 4.90 Å². The topological polar surface area (TPSA) is 59.1 Å². The van der Waals surface area contributed by atoms with Gasteiger partial charge >= 0.3 is 6.18 Å². The number of aryl methyl sites for hydroxylation is 1. The third-order valence-corrected chi connectivity index (χ3v) is 5.71. The summed E-state index contributed by atoms with van der Waals surface area (Å²) >= 11 is 1.43. The van der Waals surface area contributed by atoms with Gasteiger partial charge in [0.2, 0.25) is 0 Å². The van der Waals surface area contributed by atoms with E-state index in [0.29, 0.717) is 16.9 Å². The van der Waals surface area contributed by atoms with Gasteiger partial charge in [-0.15, -0.1) is 11.3 Å². The fourth-order valence-electron chi connectivity index (χ4n) is 2.31. The van der Waals surface area contributed by atoms with Crippen molar-refractivity contribution in [2.45, 2.75) is 18.0 Å². The largest absolute Gasteiger partial charge is 0.416 e. The number of aromatic nitrogens is 1. The van der Waals surface area contributed by atoms with Crippen LogP contribution in [0.15, 0.2) is 58.8 Å². The van der Waals surface area contributed by atoms with Crippen LogP contribution in [0.1, 0.15) is 10.6 Å². The summed E-state index contributed by atoms with van der Waals surface area (Å²) in [5.74, 6) is 0. The van der Waals surface area contributed by atoms with E-state index in [1.165, 1.54) is 11.3 Å². The van der Waals surface area contributed by atoms with E-state index < -0.39 is 21.8 Å². The Morgan fingerprint density at radius 1 is 1.04 bits per heavy atom. The Balaban J connectivity index is 1.93. The summed E-state index contributed by atoms with van der Waals surface area (Å²) in [5, 5.41) is 2.64. The molecule has 0 spiro atoms. The van der Waals surface area contributed by atoms with Crippen molar-refractivity contribution in [1.29, 1.82) is 0 Å². The van der Waals surface area contributed by atoms with Crippen molar-refractivity contribution < 1.29 is 21.6 Å². The number of anilines is 1. The fraction of sp³-hybridized carbons (Fsp3) is 0.118. The zero-order valence-electron chi connectivity index (χ0n) is 13.4. The second-order valence-electron chi connectivity index (χ2n) is 5.42. The number of sulfonamides is 1. The molecule has 0 bridgehead atoms. The van der Waals surface area contributed by atoms with Crippen LogP contribution in [-0.4, -0.2) is 13.4 Å². The molecular formula is C17H13F3N2O2S2. The Labute approximate surface area is 152 Å². The van der Waals surface area contributed by atoms with E-state index in [9.17, 15) is 21.6 Å². The van der Waals surface area contributed by atoms with Crippen molar-refractivity contribution >= 4 is 27.0 Å². The SMILES string of the molecule is Cc1nc(-c2ccccc2NS(=O)(=O)c2ccc(C(F)(F)F)cc2)cs1. The smallest absolute Gasteiger partial charge is 0.279 e. The first-order chi connectivity index (χ1) is 12.2. The number of rotatable bonds is 4. The molecule has 1 N–H and O–H groups in total. The van der Waals surface area contributed by atoms with Crippen LogP contribution in [0.2, 0.25) is 0 Å². The van der Waals surface area contributed by atoms with Crippen LogP contribution in [0, 0.1) is 6.92 Å². The molecule has 0 saturated carbocycles. The van der Waals surface area contributed by atoms with E-state index >= 15 is 0 Å². The van der Waals surface area contributed by atoms with Crippen molar-refractivity contribution in [1.82, 2.24) is 4.98 Å². The van der Waals surface area contributed by atoms with Gasteiger partial charge in [0.25, 0.3) is 10.0 Å². The number of nitrogens with one attached hydrogen (secondary N) is 1. The predicted octanol–water partition coefficient (Wildman–Crippen LogP) is 4.94. The molecule has 9 heteroatoms. The van der Waals surface area contributed by atoms with Crippen LogP contribution in [0.4, 0.5) is 18.9 Å². The van der Waals surface area contributed by atoms with Gasteiger partial charge in [0.05, 0.1) is 26.8 Å². The lowest BCUT2D eigenvalue weighted by atomic mass is 10.1.